The highest BCUT2D eigenvalue weighted by molar-refractivity contribution is 5.93. The minimum absolute atomic E-state index is 0.0443. The van der Waals surface area contributed by atoms with Crippen LogP contribution < -0.4 is 10.2 Å². The van der Waals surface area contributed by atoms with Gasteiger partial charge in [0.25, 0.3) is 5.91 Å². The molecule has 0 spiro atoms. The number of rotatable bonds is 5. The fourth-order valence-electron chi connectivity index (χ4n) is 2.36. The van der Waals surface area contributed by atoms with Crippen molar-refractivity contribution in [2.24, 2.45) is 5.10 Å². The number of ether oxygens (including phenoxy) is 1. The van der Waals surface area contributed by atoms with Gasteiger partial charge in [-0.25, -0.2) is 10.4 Å². The Bertz CT molecular complexity index is 1020. The molecule has 3 aromatic rings. The number of carbonyl (C=O) groups excluding carboxylic acids is 1. The number of aromatic nitrogens is 2. The van der Waals surface area contributed by atoms with Gasteiger partial charge < -0.3 is 4.74 Å². The van der Waals surface area contributed by atoms with E-state index in [0.29, 0.717) is 17.0 Å². The highest BCUT2D eigenvalue weighted by Gasteiger charge is 2.29. The highest BCUT2D eigenvalue weighted by Crippen LogP contribution is 2.28. The third kappa shape index (κ3) is 5.16. The molecular weight excluding hydrogens is 385 g/mol. The fraction of sp³-hybridized carbons (Fsp3) is 0.100. The zero-order valence-corrected chi connectivity index (χ0v) is 15.1. The van der Waals surface area contributed by atoms with Crippen LogP contribution in [-0.2, 0) is 6.18 Å². The first kappa shape index (κ1) is 20.0. The molecule has 0 saturated heterocycles. The molecule has 148 valence electrons. The van der Waals surface area contributed by atoms with Gasteiger partial charge in [-0.05, 0) is 42.0 Å². The smallest absolute Gasteiger partial charge is 0.416 e. The van der Waals surface area contributed by atoms with Gasteiger partial charge in [0.05, 0.1) is 37.0 Å². The number of hydrogen-bond donors (Lipinski definition) is 1. The monoisotopic (exact) mass is 400 g/mol. The van der Waals surface area contributed by atoms with E-state index in [-0.39, 0.29) is 5.69 Å². The van der Waals surface area contributed by atoms with Crippen LogP contribution in [0.5, 0.6) is 5.75 Å². The van der Waals surface area contributed by atoms with Crippen molar-refractivity contribution in [3.8, 4) is 17.0 Å². The summed E-state index contributed by atoms with van der Waals surface area (Å²) in [5.41, 5.74) is 3.20. The summed E-state index contributed by atoms with van der Waals surface area (Å²) in [4.78, 5) is 20.5. The fourth-order valence-corrected chi connectivity index (χ4v) is 2.36. The second kappa shape index (κ2) is 8.51. The van der Waals surface area contributed by atoms with Crippen molar-refractivity contribution < 1.29 is 22.7 Å². The SMILES string of the molecule is COc1ccc(-c2cncc(C(=O)N/N=C/c3ccc(C(F)(F)F)cc3)n2)cc1. The van der Waals surface area contributed by atoms with Crippen molar-refractivity contribution in [1.29, 1.82) is 0 Å². The van der Waals surface area contributed by atoms with Crippen LogP contribution in [-0.4, -0.2) is 29.2 Å². The predicted molar refractivity (Wildman–Crippen MR) is 101 cm³/mol. The van der Waals surface area contributed by atoms with Crippen molar-refractivity contribution in [3.05, 3.63) is 77.7 Å². The molecule has 1 N–H and O–H groups in total. The van der Waals surface area contributed by atoms with Gasteiger partial charge in [0.1, 0.15) is 11.4 Å². The Morgan fingerprint density at radius 3 is 2.38 bits per heavy atom. The van der Waals surface area contributed by atoms with Crippen molar-refractivity contribution >= 4 is 12.1 Å². The van der Waals surface area contributed by atoms with Crippen LogP contribution >= 0.6 is 0 Å². The van der Waals surface area contributed by atoms with E-state index in [1.165, 1.54) is 30.7 Å². The summed E-state index contributed by atoms with van der Waals surface area (Å²) in [7, 11) is 1.56. The van der Waals surface area contributed by atoms with Crippen LogP contribution in [0.2, 0.25) is 0 Å². The maximum atomic E-state index is 12.5. The largest absolute Gasteiger partial charge is 0.497 e. The second-order valence-corrected chi connectivity index (χ2v) is 5.84. The van der Waals surface area contributed by atoms with Crippen LogP contribution in [0.4, 0.5) is 13.2 Å². The number of hydrogen-bond acceptors (Lipinski definition) is 5. The topological polar surface area (TPSA) is 76.5 Å². The first-order valence-electron chi connectivity index (χ1n) is 8.34. The van der Waals surface area contributed by atoms with Crippen LogP contribution in [0.25, 0.3) is 11.3 Å². The summed E-state index contributed by atoms with van der Waals surface area (Å²) in [5, 5.41) is 3.74. The number of benzene rings is 2. The van der Waals surface area contributed by atoms with E-state index in [1.54, 1.807) is 31.4 Å². The minimum Gasteiger partial charge on any atom is -0.497 e. The number of alkyl halides is 3. The molecule has 1 heterocycles. The number of halogens is 3. The molecule has 1 amide bonds. The summed E-state index contributed by atoms with van der Waals surface area (Å²) < 4.78 is 42.7. The van der Waals surface area contributed by atoms with Crippen LogP contribution in [0.15, 0.2) is 66.0 Å². The van der Waals surface area contributed by atoms with E-state index in [1.807, 2.05) is 0 Å². The van der Waals surface area contributed by atoms with Crippen molar-refractivity contribution in [2.75, 3.05) is 7.11 Å². The number of methoxy groups -OCH3 is 1. The molecule has 0 fully saturated rings. The van der Waals surface area contributed by atoms with Crippen molar-refractivity contribution in [1.82, 2.24) is 15.4 Å². The van der Waals surface area contributed by atoms with E-state index >= 15 is 0 Å². The van der Waals surface area contributed by atoms with E-state index in [9.17, 15) is 18.0 Å². The molecule has 0 aliphatic heterocycles. The van der Waals surface area contributed by atoms with Crippen molar-refractivity contribution in [3.63, 3.8) is 0 Å². The van der Waals surface area contributed by atoms with Gasteiger partial charge in [-0.2, -0.15) is 18.3 Å². The molecule has 0 aliphatic carbocycles. The Labute approximate surface area is 164 Å². The molecule has 0 bridgehead atoms. The third-order valence-corrected chi connectivity index (χ3v) is 3.87. The lowest BCUT2D eigenvalue weighted by molar-refractivity contribution is -0.137. The predicted octanol–water partition coefficient (Wildman–Crippen LogP) is 3.93. The van der Waals surface area contributed by atoms with E-state index < -0.39 is 17.6 Å². The van der Waals surface area contributed by atoms with Gasteiger partial charge in [0.2, 0.25) is 0 Å². The van der Waals surface area contributed by atoms with E-state index in [0.717, 1.165) is 17.7 Å². The quantitative estimate of drug-likeness (QED) is 0.520. The molecule has 0 radical (unpaired) electrons. The Morgan fingerprint density at radius 2 is 1.76 bits per heavy atom. The lowest BCUT2D eigenvalue weighted by Crippen LogP contribution is -2.19. The van der Waals surface area contributed by atoms with E-state index in [4.69, 9.17) is 4.74 Å². The average molecular weight is 400 g/mol. The molecule has 0 atom stereocenters. The molecule has 9 heteroatoms. The minimum atomic E-state index is -4.41. The van der Waals surface area contributed by atoms with Gasteiger partial charge in [-0.1, -0.05) is 12.1 Å². The van der Waals surface area contributed by atoms with Gasteiger partial charge in [-0.3, -0.25) is 9.78 Å². The molecule has 3 rings (SSSR count). The first-order chi connectivity index (χ1) is 13.9. The molecule has 6 nitrogen and oxygen atoms in total. The Balaban J connectivity index is 1.67. The second-order valence-electron chi connectivity index (χ2n) is 5.84. The highest BCUT2D eigenvalue weighted by atomic mass is 19.4. The molecule has 0 unspecified atom stereocenters. The molecule has 29 heavy (non-hydrogen) atoms. The Hall–Kier alpha value is -3.75. The van der Waals surface area contributed by atoms with E-state index in [2.05, 4.69) is 20.5 Å². The molecule has 0 saturated carbocycles. The standard InChI is InChI=1S/C20H15F3N4O2/c1-29-16-8-4-14(5-9-16)17-11-24-12-18(26-17)19(28)27-25-10-13-2-6-15(7-3-13)20(21,22)23/h2-12H,1H3,(H,27,28)/b25-10+. The van der Waals surface area contributed by atoms with Gasteiger partial charge in [0, 0.05) is 5.56 Å². The molecular formula is C20H15F3N4O2. The Morgan fingerprint density at radius 1 is 1.07 bits per heavy atom. The normalized spacial score (nSPS) is 11.4. The van der Waals surface area contributed by atoms with Crippen LogP contribution in [0.1, 0.15) is 21.6 Å². The Kier molecular flexibility index (Phi) is 5.87. The van der Waals surface area contributed by atoms with Crippen LogP contribution in [0, 0.1) is 0 Å². The first-order valence-corrected chi connectivity index (χ1v) is 8.34. The summed E-state index contributed by atoms with van der Waals surface area (Å²) in [6, 6.07) is 11.5. The zero-order valence-electron chi connectivity index (χ0n) is 15.1. The molecule has 1 aromatic heterocycles. The number of nitrogens with zero attached hydrogens (tertiary/aromatic N) is 3. The number of hydrazone groups is 1. The lowest BCUT2D eigenvalue weighted by atomic mass is 10.1. The number of amides is 1. The average Bonchev–Trinajstić information content (AvgIpc) is 2.73. The summed E-state index contributed by atoms with van der Waals surface area (Å²) in [5.74, 6) is 0.0873. The van der Waals surface area contributed by atoms with Gasteiger partial charge >= 0.3 is 6.18 Å². The lowest BCUT2D eigenvalue weighted by Gasteiger charge is -2.06. The molecule has 2 aromatic carbocycles. The number of carbonyl (C=O) groups is 1. The summed E-state index contributed by atoms with van der Waals surface area (Å²) >= 11 is 0. The maximum Gasteiger partial charge on any atom is 0.416 e. The van der Waals surface area contributed by atoms with Crippen LogP contribution in [0.3, 0.4) is 0 Å². The zero-order chi connectivity index (χ0) is 20.9. The molecule has 0 aliphatic rings. The third-order valence-electron chi connectivity index (χ3n) is 3.87. The van der Waals surface area contributed by atoms with Gasteiger partial charge in [-0.15, -0.1) is 0 Å². The van der Waals surface area contributed by atoms with Gasteiger partial charge in [0.15, 0.2) is 0 Å². The summed E-state index contributed by atoms with van der Waals surface area (Å²) in [6.45, 7) is 0. The maximum absolute atomic E-state index is 12.5. The van der Waals surface area contributed by atoms with Crippen molar-refractivity contribution in [2.45, 2.75) is 6.18 Å². The summed E-state index contributed by atoms with van der Waals surface area (Å²) in [6.07, 6.45) is -0.365. The number of nitrogens with one attached hydrogen (secondary N) is 1.